The number of ether oxygens (including phenoxy) is 1. The standard InChI is InChI=1S/C12H18F2O5S/c1-10(2)7-4-5-11(10,3)8(6-7)19-9(15)12(13,14)20(16,17)18/h7-8H,4-6H2,1-3H3,(H,16,17,18). The predicted octanol–water partition coefficient (Wildman–Crippen LogP) is 2.23. The van der Waals surface area contributed by atoms with E-state index < -0.39 is 32.9 Å². The molecule has 2 rings (SSSR count). The molecule has 0 aromatic heterocycles. The Morgan fingerprint density at radius 3 is 2.25 bits per heavy atom. The summed E-state index contributed by atoms with van der Waals surface area (Å²) in [6.07, 6.45) is 1.36. The molecule has 2 bridgehead atoms. The first-order chi connectivity index (χ1) is 8.84. The fraction of sp³-hybridized carbons (Fsp3) is 0.917. The molecular weight excluding hydrogens is 294 g/mol. The van der Waals surface area contributed by atoms with Crippen LogP contribution in [0, 0.1) is 16.7 Å². The first-order valence-corrected chi connectivity index (χ1v) is 7.84. The SMILES string of the molecule is CC1(C)C2CCC1(C)C(OC(=O)C(F)(F)S(=O)(=O)O)C2. The zero-order chi connectivity index (χ0) is 15.6. The van der Waals surface area contributed by atoms with Crippen molar-refractivity contribution < 1.29 is 31.3 Å². The highest BCUT2D eigenvalue weighted by atomic mass is 32.2. The number of alkyl halides is 2. The van der Waals surface area contributed by atoms with Gasteiger partial charge >= 0.3 is 21.3 Å². The van der Waals surface area contributed by atoms with Crippen molar-refractivity contribution in [3.63, 3.8) is 0 Å². The highest BCUT2D eigenvalue weighted by Gasteiger charge is 2.64. The van der Waals surface area contributed by atoms with Crippen molar-refractivity contribution in [2.45, 2.75) is 51.4 Å². The van der Waals surface area contributed by atoms with E-state index in [4.69, 9.17) is 9.29 Å². The van der Waals surface area contributed by atoms with Gasteiger partial charge in [0.2, 0.25) is 0 Å². The van der Waals surface area contributed by atoms with Crippen LogP contribution in [-0.4, -0.2) is 30.3 Å². The van der Waals surface area contributed by atoms with Crippen LogP contribution >= 0.6 is 0 Å². The summed E-state index contributed by atoms with van der Waals surface area (Å²) in [6.45, 7) is 5.86. The fourth-order valence-electron chi connectivity index (χ4n) is 3.61. The second kappa shape index (κ2) is 4.13. The molecule has 0 aliphatic heterocycles. The van der Waals surface area contributed by atoms with Gasteiger partial charge in [-0.2, -0.15) is 17.2 Å². The van der Waals surface area contributed by atoms with Gasteiger partial charge in [-0.25, -0.2) is 4.79 Å². The van der Waals surface area contributed by atoms with E-state index in [1.54, 1.807) is 0 Å². The van der Waals surface area contributed by atoms with E-state index in [1.807, 2.05) is 20.8 Å². The van der Waals surface area contributed by atoms with Gasteiger partial charge in [0.25, 0.3) is 0 Å². The zero-order valence-corrected chi connectivity index (χ0v) is 12.3. The Balaban J connectivity index is 2.20. The molecule has 3 atom stereocenters. The molecule has 0 heterocycles. The van der Waals surface area contributed by atoms with Crippen LogP contribution < -0.4 is 0 Å². The van der Waals surface area contributed by atoms with E-state index in [0.717, 1.165) is 12.8 Å². The summed E-state index contributed by atoms with van der Waals surface area (Å²) in [4.78, 5) is 11.4. The summed E-state index contributed by atoms with van der Waals surface area (Å²) < 4.78 is 60.7. The molecule has 0 aromatic rings. The molecule has 116 valence electrons. The molecule has 2 fully saturated rings. The monoisotopic (exact) mass is 312 g/mol. The van der Waals surface area contributed by atoms with Crippen LogP contribution in [-0.2, 0) is 19.6 Å². The minimum Gasteiger partial charge on any atom is -0.456 e. The van der Waals surface area contributed by atoms with E-state index in [0.29, 0.717) is 6.42 Å². The second-order valence-corrected chi connectivity index (χ2v) is 7.96. The summed E-state index contributed by atoms with van der Waals surface area (Å²) in [5, 5.41) is -4.92. The van der Waals surface area contributed by atoms with Gasteiger partial charge in [0.1, 0.15) is 6.10 Å². The lowest BCUT2D eigenvalue weighted by atomic mass is 9.70. The lowest BCUT2D eigenvalue weighted by molar-refractivity contribution is -0.174. The Morgan fingerprint density at radius 2 is 1.90 bits per heavy atom. The van der Waals surface area contributed by atoms with Crippen molar-refractivity contribution in [2.75, 3.05) is 0 Å². The van der Waals surface area contributed by atoms with Crippen LogP contribution in [0.2, 0.25) is 0 Å². The number of hydrogen-bond acceptors (Lipinski definition) is 4. The van der Waals surface area contributed by atoms with Crippen LogP contribution in [0.3, 0.4) is 0 Å². The smallest absolute Gasteiger partial charge is 0.456 e. The molecule has 5 nitrogen and oxygen atoms in total. The molecule has 0 saturated heterocycles. The highest BCUT2D eigenvalue weighted by Crippen LogP contribution is 2.66. The predicted molar refractivity (Wildman–Crippen MR) is 65.6 cm³/mol. The average Bonchev–Trinajstić information content (AvgIpc) is 2.60. The minimum atomic E-state index is -5.81. The van der Waals surface area contributed by atoms with Crippen molar-refractivity contribution in [1.29, 1.82) is 0 Å². The van der Waals surface area contributed by atoms with Crippen molar-refractivity contribution in [3.8, 4) is 0 Å². The third-order valence-corrected chi connectivity index (χ3v) is 6.34. The Morgan fingerprint density at radius 1 is 1.35 bits per heavy atom. The van der Waals surface area contributed by atoms with Crippen molar-refractivity contribution >= 4 is 16.1 Å². The van der Waals surface area contributed by atoms with Gasteiger partial charge in [-0.05, 0) is 30.6 Å². The number of halogens is 2. The zero-order valence-electron chi connectivity index (χ0n) is 11.5. The molecule has 0 radical (unpaired) electrons. The highest BCUT2D eigenvalue weighted by molar-refractivity contribution is 7.87. The van der Waals surface area contributed by atoms with Crippen LogP contribution in [0.1, 0.15) is 40.0 Å². The largest absolute Gasteiger partial charge is 0.465 e. The number of fused-ring (bicyclic) bond motifs is 2. The Bertz CT molecular complexity index is 542. The maximum absolute atomic E-state index is 13.2. The van der Waals surface area contributed by atoms with Crippen LogP contribution in [0.5, 0.6) is 0 Å². The van der Waals surface area contributed by atoms with E-state index in [2.05, 4.69) is 0 Å². The summed E-state index contributed by atoms with van der Waals surface area (Å²) >= 11 is 0. The molecule has 0 aromatic carbocycles. The maximum Gasteiger partial charge on any atom is 0.465 e. The molecule has 2 aliphatic carbocycles. The van der Waals surface area contributed by atoms with Crippen LogP contribution in [0.4, 0.5) is 8.78 Å². The van der Waals surface area contributed by atoms with Gasteiger partial charge in [-0.1, -0.05) is 20.8 Å². The molecule has 2 saturated carbocycles. The average molecular weight is 312 g/mol. The maximum atomic E-state index is 13.2. The number of esters is 1. The Labute approximate surface area is 116 Å². The number of rotatable bonds is 3. The number of hydrogen-bond donors (Lipinski definition) is 1. The molecule has 2 aliphatic rings. The summed E-state index contributed by atoms with van der Waals surface area (Å²) in [5.74, 6) is -1.95. The Hall–Kier alpha value is -0.760. The third-order valence-electron chi connectivity index (χ3n) is 5.52. The topological polar surface area (TPSA) is 80.7 Å². The molecular formula is C12H18F2O5S. The van der Waals surface area contributed by atoms with E-state index in [-0.39, 0.29) is 11.3 Å². The first kappa shape index (κ1) is 15.6. The quantitative estimate of drug-likeness (QED) is 0.638. The van der Waals surface area contributed by atoms with E-state index in [1.165, 1.54) is 0 Å². The van der Waals surface area contributed by atoms with E-state index in [9.17, 15) is 22.0 Å². The van der Waals surface area contributed by atoms with Crippen molar-refractivity contribution in [3.05, 3.63) is 0 Å². The minimum absolute atomic E-state index is 0.161. The van der Waals surface area contributed by atoms with Gasteiger partial charge in [0, 0.05) is 5.41 Å². The molecule has 3 unspecified atom stereocenters. The first-order valence-electron chi connectivity index (χ1n) is 6.40. The molecule has 0 amide bonds. The molecule has 20 heavy (non-hydrogen) atoms. The summed E-state index contributed by atoms with van der Waals surface area (Å²) in [7, 11) is -5.81. The lowest BCUT2D eigenvalue weighted by Gasteiger charge is -2.38. The number of carbonyl (C=O) groups excluding carboxylic acids is 1. The molecule has 0 spiro atoms. The second-order valence-electron chi connectivity index (χ2n) is 6.50. The number of carbonyl (C=O) groups is 1. The van der Waals surface area contributed by atoms with Crippen molar-refractivity contribution in [1.82, 2.24) is 0 Å². The van der Waals surface area contributed by atoms with Gasteiger partial charge in [0.05, 0.1) is 0 Å². The van der Waals surface area contributed by atoms with E-state index >= 15 is 0 Å². The molecule has 8 heteroatoms. The van der Waals surface area contributed by atoms with Gasteiger partial charge in [0.15, 0.2) is 0 Å². The fourth-order valence-corrected chi connectivity index (χ4v) is 3.87. The normalized spacial score (nSPS) is 36.1. The van der Waals surface area contributed by atoms with Gasteiger partial charge < -0.3 is 4.74 Å². The Kier molecular flexibility index (Phi) is 3.22. The van der Waals surface area contributed by atoms with Crippen LogP contribution in [0.25, 0.3) is 0 Å². The lowest BCUT2D eigenvalue weighted by Crippen LogP contribution is -2.45. The molecule has 1 N–H and O–H groups in total. The van der Waals surface area contributed by atoms with Gasteiger partial charge in [-0.3, -0.25) is 4.55 Å². The van der Waals surface area contributed by atoms with Crippen LogP contribution in [0.15, 0.2) is 0 Å². The summed E-state index contributed by atoms with van der Waals surface area (Å²) in [5.41, 5.74) is -0.617. The third kappa shape index (κ3) is 1.88. The van der Waals surface area contributed by atoms with Gasteiger partial charge in [-0.15, -0.1) is 0 Å². The summed E-state index contributed by atoms with van der Waals surface area (Å²) in [6, 6.07) is 0. The van der Waals surface area contributed by atoms with Crippen molar-refractivity contribution in [2.24, 2.45) is 16.7 Å².